The van der Waals surface area contributed by atoms with Crippen LogP contribution in [-0.4, -0.2) is 19.5 Å². The molecule has 0 bridgehead atoms. The van der Waals surface area contributed by atoms with Gasteiger partial charge in [-0.15, -0.1) is 0 Å². The first-order chi connectivity index (χ1) is 9.94. The van der Waals surface area contributed by atoms with Gasteiger partial charge in [0, 0.05) is 0 Å². The van der Waals surface area contributed by atoms with Crippen molar-refractivity contribution in [3.8, 4) is 6.07 Å². The predicted octanol–water partition coefficient (Wildman–Crippen LogP) is 2.06. The molecule has 0 amide bonds. The lowest BCUT2D eigenvalue weighted by molar-refractivity contribution is 0.0698. The molecule has 0 aliphatic carbocycles. The number of nitrogens with one attached hydrogen (secondary N) is 1. The number of carbonyl (C=O) groups is 1. The average Bonchev–Trinajstić information content (AvgIpc) is 2.47. The van der Waals surface area contributed by atoms with E-state index in [4.69, 9.17) is 10.4 Å². The summed E-state index contributed by atoms with van der Waals surface area (Å²) in [5.41, 5.74) is 0.00858. The van der Waals surface area contributed by atoms with E-state index in [2.05, 4.69) is 4.72 Å². The fourth-order valence-electron chi connectivity index (χ4n) is 1.70. The molecular weight excluding hydrogens is 292 g/mol. The summed E-state index contributed by atoms with van der Waals surface area (Å²) in [6.07, 6.45) is 0. The molecule has 0 unspecified atom stereocenters. The standard InChI is InChI=1S/C14H10N2O4S/c15-9-10-4-3-5-11(8-10)21(19,20)16-13-7-2-1-6-12(13)14(17)18/h1-8,16H,(H,17,18). The highest BCUT2D eigenvalue weighted by Crippen LogP contribution is 2.20. The van der Waals surface area contributed by atoms with Crippen molar-refractivity contribution in [2.45, 2.75) is 4.90 Å². The Hall–Kier alpha value is -2.85. The fraction of sp³-hybridized carbons (Fsp3) is 0. The Balaban J connectivity index is 2.43. The van der Waals surface area contributed by atoms with Crippen LogP contribution in [0.1, 0.15) is 15.9 Å². The number of nitriles is 1. The Morgan fingerprint density at radius 2 is 1.86 bits per heavy atom. The maximum Gasteiger partial charge on any atom is 0.337 e. The fourth-order valence-corrected chi connectivity index (χ4v) is 2.82. The Morgan fingerprint density at radius 3 is 2.52 bits per heavy atom. The second kappa shape index (κ2) is 5.64. The van der Waals surface area contributed by atoms with E-state index in [9.17, 15) is 13.2 Å². The van der Waals surface area contributed by atoms with Crippen LogP contribution in [-0.2, 0) is 10.0 Å². The molecule has 0 aliphatic rings. The molecule has 0 aliphatic heterocycles. The van der Waals surface area contributed by atoms with E-state index in [1.165, 1.54) is 48.5 Å². The van der Waals surface area contributed by atoms with E-state index < -0.39 is 16.0 Å². The second-order valence-corrected chi connectivity index (χ2v) is 5.78. The lowest BCUT2D eigenvalue weighted by Gasteiger charge is -2.10. The summed E-state index contributed by atoms with van der Waals surface area (Å²) >= 11 is 0. The maximum atomic E-state index is 12.2. The van der Waals surface area contributed by atoms with Crippen LogP contribution in [0.15, 0.2) is 53.4 Å². The number of benzene rings is 2. The van der Waals surface area contributed by atoms with Gasteiger partial charge < -0.3 is 5.11 Å². The van der Waals surface area contributed by atoms with Crippen molar-refractivity contribution in [2.24, 2.45) is 0 Å². The number of rotatable bonds is 4. The minimum atomic E-state index is -3.97. The van der Waals surface area contributed by atoms with Crippen molar-refractivity contribution in [3.05, 3.63) is 59.7 Å². The second-order valence-electron chi connectivity index (χ2n) is 4.10. The Bertz CT molecular complexity index is 838. The first-order valence-electron chi connectivity index (χ1n) is 5.79. The number of carboxylic acids is 1. The van der Waals surface area contributed by atoms with Gasteiger partial charge in [-0.3, -0.25) is 4.72 Å². The number of hydrogen-bond acceptors (Lipinski definition) is 4. The van der Waals surface area contributed by atoms with Crippen molar-refractivity contribution < 1.29 is 18.3 Å². The summed E-state index contributed by atoms with van der Waals surface area (Å²) in [4.78, 5) is 11.0. The molecule has 2 aromatic carbocycles. The van der Waals surface area contributed by atoms with Gasteiger partial charge in [0.25, 0.3) is 10.0 Å². The zero-order chi connectivity index (χ0) is 15.5. The van der Waals surface area contributed by atoms with Crippen LogP contribution in [0.3, 0.4) is 0 Å². The van der Waals surface area contributed by atoms with E-state index in [1.807, 2.05) is 6.07 Å². The van der Waals surface area contributed by atoms with Gasteiger partial charge in [-0.1, -0.05) is 18.2 Å². The van der Waals surface area contributed by atoms with Gasteiger partial charge in [-0.2, -0.15) is 5.26 Å². The zero-order valence-electron chi connectivity index (χ0n) is 10.6. The van der Waals surface area contributed by atoms with Crippen LogP contribution in [0.4, 0.5) is 5.69 Å². The molecule has 0 fully saturated rings. The van der Waals surface area contributed by atoms with Crippen LogP contribution in [0.5, 0.6) is 0 Å². The normalized spacial score (nSPS) is 10.6. The number of para-hydroxylation sites is 1. The highest BCUT2D eigenvalue weighted by atomic mass is 32.2. The third kappa shape index (κ3) is 3.19. The van der Waals surface area contributed by atoms with Gasteiger partial charge in [-0.05, 0) is 30.3 Å². The summed E-state index contributed by atoms with van der Waals surface area (Å²) < 4.78 is 26.7. The number of nitrogens with zero attached hydrogens (tertiary/aromatic N) is 1. The number of anilines is 1. The van der Waals surface area contributed by atoms with E-state index in [1.54, 1.807) is 0 Å². The number of aromatic carboxylic acids is 1. The molecule has 0 saturated heterocycles. The quantitative estimate of drug-likeness (QED) is 0.898. The third-order valence-corrected chi connectivity index (χ3v) is 4.04. The monoisotopic (exact) mass is 302 g/mol. The highest BCUT2D eigenvalue weighted by molar-refractivity contribution is 7.92. The smallest absolute Gasteiger partial charge is 0.337 e. The van der Waals surface area contributed by atoms with Crippen molar-refractivity contribution in [1.29, 1.82) is 5.26 Å². The first kappa shape index (κ1) is 14.6. The predicted molar refractivity (Wildman–Crippen MR) is 75.4 cm³/mol. The van der Waals surface area contributed by atoms with Gasteiger partial charge in [0.2, 0.25) is 0 Å². The SMILES string of the molecule is N#Cc1cccc(S(=O)(=O)Nc2ccccc2C(=O)O)c1. The minimum absolute atomic E-state index is 0.0349. The molecule has 6 nitrogen and oxygen atoms in total. The van der Waals surface area contributed by atoms with Crippen molar-refractivity contribution in [2.75, 3.05) is 4.72 Å². The molecule has 2 aromatic rings. The van der Waals surface area contributed by atoms with E-state index in [-0.39, 0.29) is 21.7 Å². The van der Waals surface area contributed by atoms with Gasteiger partial charge >= 0.3 is 5.97 Å². The molecule has 0 saturated carbocycles. The first-order valence-corrected chi connectivity index (χ1v) is 7.27. The highest BCUT2D eigenvalue weighted by Gasteiger charge is 2.18. The van der Waals surface area contributed by atoms with Gasteiger partial charge in [0.05, 0.1) is 27.8 Å². The lowest BCUT2D eigenvalue weighted by atomic mass is 10.2. The Kier molecular flexibility index (Phi) is 3.91. The molecule has 0 atom stereocenters. The van der Waals surface area contributed by atoms with Gasteiger partial charge in [0.15, 0.2) is 0 Å². The Morgan fingerprint density at radius 1 is 1.14 bits per heavy atom. The minimum Gasteiger partial charge on any atom is -0.478 e. The molecule has 0 aromatic heterocycles. The van der Waals surface area contributed by atoms with Crippen LogP contribution < -0.4 is 4.72 Å². The lowest BCUT2D eigenvalue weighted by Crippen LogP contribution is -2.15. The number of carboxylic acid groups (broad SMARTS) is 1. The summed E-state index contributed by atoms with van der Waals surface area (Å²) in [5.74, 6) is -1.24. The summed E-state index contributed by atoms with van der Waals surface area (Å²) in [6, 6.07) is 13.0. The van der Waals surface area contributed by atoms with Crippen LogP contribution in [0.25, 0.3) is 0 Å². The van der Waals surface area contributed by atoms with Crippen LogP contribution >= 0.6 is 0 Å². The number of hydrogen-bond donors (Lipinski definition) is 2. The largest absolute Gasteiger partial charge is 0.478 e. The van der Waals surface area contributed by atoms with Crippen molar-refractivity contribution >= 4 is 21.7 Å². The molecule has 21 heavy (non-hydrogen) atoms. The molecular formula is C14H10N2O4S. The average molecular weight is 302 g/mol. The zero-order valence-corrected chi connectivity index (χ0v) is 11.5. The molecule has 2 rings (SSSR count). The number of sulfonamides is 1. The van der Waals surface area contributed by atoms with Crippen LogP contribution in [0, 0.1) is 11.3 Å². The summed E-state index contributed by atoms with van der Waals surface area (Å²) in [5, 5.41) is 17.8. The molecule has 0 radical (unpaired) electrons. The van der Waals surface area contributed by atoms with Gasteiger partial charge in [0.1, 0.15) is 0 Å². The topological polar surface area (TPSA) is 107 Å². The molecule has 0 heterocycles. The van der Waals surface area contributed by atoms with E-state index >= 15 is 0 Å². The van der Waals surface area contributed by atoms with Crippen molar-refractivity contribution in [3.63, 3.8) is 0 Å². The molecule has 7 heteroatoms. The Labute approximate surface area is 121 Å². The van der Waals surface area contributed by atoms with Gasteiger partial charge in [-0.25, -0.2) is 13.2 Å². The molecule has 106 valence electrons. The molecule has 2 N–H and O–H groups in total. The maximum absolute atomic E-state index is 12.2. The summed E-state index contributed by atoms with van der Waals surface area (Å²) in [7, 11) is -3.97. The summed E-state index contributed by atoms with van der Waals surface area (Å²) in [6.45, 7) is 0. The van der Waals surface area contributed by atoms with E-state index in [0.29, 0.717) is 0 Å². The van der Waals surface area contributed by atoms with Crippen molar-refractivity contribution in [1.82, 2.24) is 0 Å². The third-order valence-electron chi connectivity index (χ3n) is 2.68. The van der Waals surface area contributed by atoms with Crippen LogP contribution in [0.2, 0.25) is 0 Å². The molecule has 0 spiro atoms. The van der Waals surface area contributed by atoms with E-state index in [0.717, 1.165) is 0 Å².